The van der Waals surface area contributed by atoms with Crippen LogP contribution in [0.15, 0.2) is 65.9 Å². The molecule has 188 valence electrons. The third kappa shape index (κ3) is 4.92. The summed E-state index contributed by atoms with van der Waals surface area (Å²) in [5.74, 6) is -0.722. The summed E-state index contributed by atoms with van der Waals surface area (Å²) in [5.41, 5.74) is 2.32. The summed E-state index contributed by atoms with van der Waals surface area (Å²) in [6, 6.07) is 16.2. The van der Waals surface area contributed by atoms with E-state index in [1.54, 1.807) is 31.1 Å². The maximum Gasteiger partial charge on any atom is 0.290 e. The Morgan fingerprint density at radius 2 is 1.78 bits per heavy atom. The lowest BCUT2D eigenvalue weighted by Crippen LogP contribution is -2.38. The van der Waals surface area contributed by atoms with Crippen LogP contribution in [-0.2, 0) is 4.79 Å². The predicted molar refractivity (Wildman–Crippen MR) is 142 cm³/mol. The molecule has 1 aliphatic heterocycles. The van der Waals surface area contributed by atoms with Crippen LogP contribution in [0.5, 0.6) is 5.75 Å². The number of amides is 1. The average molecular weight is 506 g/mol. The number of likely N-dealkylation sites (N-methyl/N-ethyl adjacent to an activating group) is 1. The van der Waals surface area contributed by atoms with Gasteiger partial charge in [-0.25, -0.2) is 4.98 Å². The van der Waals surface area contributed by atoms with Gasteiger partial charge in [0.1, 0.15) is 10.8 Å². The first-order chi connectivity index (χ1) is 17.4. The highest BCUT2D eigenvalue weighted by molar-refractivity contribution is 7.17. The molecule has 0 aliphatic carbocycles. The van der Waals surface area contributed by atoms with E-state index < -0.39 is 17.7 Å². The molecule has 2 aromatic carbocycles. The number of rotatable bonds is 10. The van der Waals surface area contributed by atoms with E-state index in [0.29, 0.717) is 29.4 Å². The molecule has 36 heavy (non-hydrogen) atoms. The van der Waals surface area contributed by atoms with Gasteiger partial charge in [0.05, 0.1) is 29.3 Å². The minimum Gasteiger partial charge on any atom is -0.503 e. The van der Waals surface area contributed by atoms with Crippen LogP contribution in [-0.4, -0.2) is 64.9 Å². The third-order valence-electron chi connectivity index (χ3n) is 6.55. The molecule has 0 spiro atoms. The summed E-state index contributed by atoms with van der Waals surface area (Å²) in [6.07, 6.45) is 0. The molecule has 3 aromatic rings. The fraction of sp³-hybridized carbons (Fsp3) is 0.321. The van der Waals surface area contributed by atoms with Gasteiger partial charge in [0.25, 0.3) is 5.91 Å². The summed E-state index contributed by atoms with van der Waals surface area (Å²) < 4.78 is 5.29. The Balaban J connectivity index is 1.74. The molecular formula is C28H31N3O4S. The minimum atomic E-state index is -0.701. The van der Waals surface area contributed by atoms with E-state index in [9.17, 15) is 14.7 Å². The Labute approximate surface area is 215 Å². The highest BCUT2D eigenvalue weighted by Gasteiger charge is 2.44. The van der Waals surface area contributed by atoms with E-state index in [1.807, 2.05) is 42.5 Å². The van der Waals surface area contributed by atoms with Crippen molar-refractivity contribution in [1.82, 2.24) is 14.8 Å². The molecule has 1 unspecified atom stereocenters. The number of ketones is 1. The number of aryl methyl sites for hydroxylation is 1. The van der Waals surface area contributed by atoms with Crippen molar-refractivity contribution in [3.63, 3.8) is 0 Å². The molecule has 1 amide bonds. The number of aliphatic hydroxyl groups excluding tert-OH is 1. The molecule has 0 radical (unpaired) electrons. The van der Waals surface area contributed by atoms with Crippen LogP contribution in [0.3, 0.4) is 0 Å². The number of methoxy groups -OCH3 is 1. The lowest BCUT2D eigenvalue weighted by Gasteiger charge is -2.29. The molecule has 1 atom stereocenters. The van der Waals surface area contributed by atoms with Crippen molar-refractivity contribution < 1.29 is 19.4 Å². The summed E-state index contributed by atoms with van der Waals surface area (Å²) in [4.78, 5) is 36.0. The molecular weight excluding hydrogens is 474 g/mol. The van der Waals surface area contributed by atoms with E-state index in [-0.39, 0.29) is 11.4 Å². The second-order valence-corrected chi connectivity index (χ2v) is 9.59. The quantitative estimate of drug-likeness (QED) is 0.389. The molecule has 2 heterocycles. The normalized spacial score (nSPS) is 15.8. The van der Waals surface area contributed by atoms with Crippen molar-refractivity contribution in [2.75, 3.05) is 33.3 Å². The number of carbonyl (C=O) groups excluding carboxylic acids is 2. The standard InChI is InChI=1S/C28H31N3O4S/c1-5-30(6-2)16-17-31-23(19-12-14-21(35-4)15-13-19)22(25(33)28(31)34)24(32)26-18(3)29-27(36-26)20-10-8-7-9-11-20/h7-15,23,33H,5-6,16-17H2,1-4H3. The fourth-order valence-corrected chi connectivity index (χ4v) is 5.50. The monoisotopic (exact) mass is 505 g/mol. The van der Waals surface area contributed by atoms with Crippen molar-refractivity contribution in [3.05, 3.63) is 82.1 Å². The smallest absolute Gasteiger partial charge is 0.290 e. The zero-order chi connectivity index (χ0) is 25.8. The van der Waals surface area contributed by atoms with Gasteiger partial charge in [0.2, 0.25) is 5.78 Å². The van der Waals surface area contributed by atoms with Crippen LogP contribution in [0.4, 0.5) is 0 Å². The van der Waals surface area contributed by atoms with Gasteiger partial charge in [0, 0.05) is 18.7 Å². The molecule has 0 saturated heterocycles. The summed E-state index contributed by atoms with van der Waals surface area (Å²) in [7, 11) is 1.59. The molecule has 0 fully saturated rings. The fourth-order valence-electron chi connectivity index (χ4n) is 4.47. The molecule has 8 heteroatoms. The van der Waals surface area contributed by atoms with Gasteiger partial charge in [-0.3, -0.25) is 9.59 Å². The van der Waals surface area contributed by atoms with Crippen molar-refractivity contribution in [3.8, 4) is 16.3 Å². The zero-order valence-corrected chi connectivity index (χ0v) is 21.8. The first-order valence-corrected chi connectivity index (χ1v) is 12.9. The molecule has 4 rings (SSSR count). The number of hydrogen-bond donors (Lipinski definition) is 1. The average Bonchev–Trinajstić information content (AvgIpc) is 3.42. The molecule has 7 nitrogen and oxygen atoms in total. The second-order valence-electron chi connectivity index (χ2n) is 8.59. The number of aliphatic hydroxyl groups is 1. The largest absolute Gasteiger partial charge is 0.503 e. The Bertz CT molecular complexity index is 1260. The number of benzene rings is 2. The minimum absolute atomic E-state index is 0.0936. The first-order valence-electron chi connectivity index (χ1n) is 12.1. The number of aromatic nitrogens is 1. The van der Waals surface area contributed by atoms with Gasteiger partial charge in [-0.1, -0.05) is 56.3 Å². The summed E-state index contributed by atoms with van der Waals surface area (Å²) in [6.45, 7) is 8.63. The number of hydrogen-bond acceptors (Lipinski definition) is 7. The lowest BCUT2D eigenvalue weighted by molar-refractivity contribution is -0.129. The first kappa shape index (κ1) is 25.6. The molecule has 0 bridgehead atoms. The predicted octanol–water partition coefficient (Wildman–Crippen LogP) is 5.05. The maximum absolute atomic E-state index is 13.9. The number of ether oxygens (including phenoxy) is 1. The number of nitrogens with zero attached hydrogens (tertiary/aromatic N) is 3. The van der Waals surface area contributed by atoms with E-state index in [0.717, 1.165) is 29.2 Å². The maximum atomic E-state index is 13.9. The van der Waals surface area contributed by atoms with Crippen LogP contribution in [0.25, 0.3) is 10.6 Å². The van der Waals surface area contributed by atoms with Gasteiger partial charge in [-0.15, -0.1) is 11.3 Å². The van der Waals surface area contributed by atoms with Crippen molar-refractivity contribution in [2.24, 2.45) is 0 Å². The number of thiazole rings is 1. The van der Waals surface area contributed by atoms with Gasteiger partial charge in [-0.2, -0.15) is 0 Å². The van der Waals surface area contributed by atoms with Crippen molar-refractivity contribution >= 4 is 23.0 Å². The Morgan fingerprint density at radius 1 is 1.11 bits per heavy atom. The van der Waals surface area contributed by atoms with E-state index >= 15 is 0 Å². The zero-order valence-electron chi connectivity index (χ0n) is 21.0. The van der Waals surface area contributed by atoms with Crippen molar-refractivity contribution in [1.29, 1.82) is 0 Å². The topological polar surface area (TPSA) is 83.0 Å². The molecule has 0 saturated carbocycles. The van der Waals surface area contributed by atoms with Gasteiger partial charge >= 0.3 is 0 Å². The SMILES string of the molecule is CCN(CC)CCN1C(=O)C(O)=C(C(=O)c2sc(-c3ccccc3)nc2C)C1c1ccc(OC)cc1. The Morgan fingerprint density at radius 3 is 2.39 bits per heavy atom. The van der Waals surface area contributed by atoms with Gasteiger partial charge in [0.15, 0.2) is 5.76 Å². The van der Waals surface area contributed by atoms with Crippen LogP contribution < -0.4 is 4.74 Å². The Kier molecular flexibility index (Phi) is 7.86. The van der Waals surface area contributed by atoms with Gasteiger partial charge in [-0.05, 0) is 37.7 Å². The lowest BCUT2D eigenvalue weighted by atomic mass is 9.95. The summed E-state index contributed by atoms with van der Waals surface area (Å²) in [5, 5.41) is 11.7. The second kappa shape index (κ2) is 11.1. The molecule has 1 N–H and O–H groups in total. The van der Waals surface area contributed by atoms with Crippen LogP contribution in [0.1, 0.15) is 40.8 Å². The molecule has 1 aliphatic rings. The van der Waals surface area contributed by atoms with Crippen molar-refractivity contribution in [2.45, 2.75) is 26.8 Å². The van der Waals surface area contributed by atoms with E-state index in [2.05, 4.69) is 23.7 Å². The van der Waals surface area contributed by atoms with E-state index in [1.165, 1.54) is 11.3 Å². The van der Waals surface area contributed by atoms with Gasteiger partial charge < -0.3 is 19.6 Å². The Hall–Kier alpha value is -3.49. The highest BCUT2D eigenvalue weighted by Crippen LogP contribution is 2.41. The highest BCUT2D eigenvalue weighted by atomic mass is 32.1. The number of carbonyl (C=O) groups is 2. The third-order valence-corrected chi connectivity index (χ3v) is 7.76. The number of Topliss-reactive ketones (excluding diaryl/α,β-unsaturated/α-hetero) is 1. The van der Waals surface area contributed by atoms with Crippen LogP contribution >= 0.6 is 11.3 Å². The van der Waals surface area contributed by atoms with Crippen LogP contribution in [0.2, 0.25) is 0 Å². The van der Waals surface area contributed by atoms with Crippen LogP contribution in [0, 0.1) is 6.92 Å². The van der Waals surface area contributed by atoms with E-state index in [4.69, 9.17) is 4.74 Å². The molecule has 1 aromatic heterocycles. The summed E-state index contributed by atoms with van der Waals surface area (Å²) >= 11 is 1.28.